The van der Waals surface area contributed by atoms with Crippen LogP contribution in [0.5, 0.6) is 23.1 Å². The van der Waals surface area contributed by atoms with E-state index < -0.39 is 30.6 Å². The van der Waals surface area contributed by atoms with Crippen LogP contribution in [0.3, 0.4) is 0 Å². The van der Waals surface area contributed by atoms with Crippen LogP contribution in [-0.2, 0) is 13.3 Å². The lowest BCUT2D eigenvalue weighted by Gasteiger charge is -2.16. The van der Waals surface area contributed by atoms with Crippen LogP contribution in [0.25, 0.3) is 16.9 Å². The quantitative estimate of drug-likeness (QED) is 0.380. The molecule has 0 fully saturated rings. The summed E-state index contributed by atoms with van der Waals surface area (Å²) in [7, 11) is 3.97. The normalized spacial score (nSPS) is 11.1. The predicted molar refractivity (Wildman–Crippen MR) is 120 cm³/mol. The molecule has 0 aliphatic rings. The molecule has 0 saturated heterocycles. The lowest BCUT2D eigenvalue weighted by atomic mass is 10.2. The van der Waals surface area contributed by atoms with Crippen LogP contribution in [0.1, 0.15) is 11.4 Å². The number of fused-ring (bicyclic) bond motifs is 1. The first-order valence-electron chi connectivity index (χ1n) is 9.96. The van der Waals surface area contributed by atoms with Crippen molar-refractivity contribution in [3.05, 3.63) is 62.8 Å². The molecule has 0 aliphatic carbocycles. The molecule has 184 valence electrons. The Hall–Kier alpha value is -3.93. The fourth-order valence-electron chi connectivity index (χ4n) is 3.45. The Bertz CT molecular complexity index is 1470. The number of hydrogen-bond donors (Lipinski definition) is 1. The topological polar surface area (TPSA) is 100 Å². The van der Waals surface area contributed by atoms with Crippen molar-refractivity contribution in [3.8, 4) is 28.8 Å². The second kappa shape index (κ2) is 9.74. The zero-order chi connectivity index (χ0) is 25.3. The highest BCUT2D eigenvalue weighted by Crippen LogP contribution is 2.37. The van der Waals surface area contributed by atoms with Crippen molar-refractivity contribution < 1.29 is 32.1 Å². The van der Waals surface area contributed by atoms with Gasteiger partial charge in [0.1, 0.15) is 24.5 Å². The molecule has 0 bridgehead atoms. The maximum Gasteiger partial charge on any atom is 0.332 e. The number of nitrogens with zero attached hydrogens (tertiary/aromatic N) is 3. The highest BCUT2D eigenvalue weighted by Gasteiger charge is 2.22. The second-order valence-electron chi connectivity index (χ2n) is 7.03. The lowest BCUT2D eigenvalue weighted by molar-refractivity contribution is 0.270. The molecule has 0 amide bonds. The Morgan fingerprint density at radius 3 is 2.43 bits per heavy atom. The van der Waals surface area contributed by atoms with Gasteiger partial charge in [-0.3, -0.25) is 4.98 Å². The molecule has 4 rings (SSSR count). The molecule has 9 nitrogen and oxygen atoms in total. The van der Waals surface area contributed by atoms with Crippen molar-refractivity contribution in [3.63, 3.8) is 0 Å². The van der Waals surface area contributed by atoms with Crippen LogP contribution in [0.4, 0.5) is 13.2 Å². The number of ether oxygens (including phenoxy) is 4. The number of benzene rings is 2. The number of hydrogen-bond acceptors (Lipinski definition) is 7. The summed E-state index contributed by atoms with van der Waals surface area (Å²) in [6.45, 7) is -1.44. The summed E-state index contributed by atoms with van der Waals surface area (Å²) in [6.07, 6.45) is 0. The van der Waals surface area contributed by atoms with E-state index in [0.29, 0.717) is 0 Å². The van der Waals surface area contributed by atoms with E-state index in [1.165, 1.54) is 39.5 Å². The fraction of sp³-hybridized carbons (Fsp3) is 0.227. The van der Waals surface area contributed by atoms with E-state index in [0.717, 1.165) is 10.6 Å². The minimum atomic E-state index is -1.13. The zero-order valence-electron chi connectivity index (χ0n) is 18.6. The fourth-order valence-corrected chi connectivity index (χ4v) is 3.69. The first-order chi connectivity index (χ1) is 16.8. The van der Waals surface area contributed by atoms with Gasteiger partial charge >= 0.3 is 5.69 Å². The summed E-state index contributed by atoms with van der Waals surface area (Å²) in [5.74, 6) is -2.18. The monoisotopic (exact) mass is 510 g/mol. The third-order valence-electron chi connectivity index (χ3n) is 5.08. The minimum Gasteiger partial charge on any atom is -0.496 e. The van der Waals surface area contributed by atoms with Gasteiger partial charge in [-0.15, -0.1) is 0 Å². The molecule has 0 saturated carbocycles. The first kappa shape index (κ1) is 24.2. The molecule has 13 heteroatoms. The average molecular weight is 511 g/mol. The molecule has 2 aromatic carbocycles. The first-order valence-corrected chi connectivity index (χ1v) is 10.3. The van der Waals surface area contributed by atoms with Crippen molar-refractivity contribution in [1.82, 2.24) is 19.5 Å². The summed E-state index contributed by atoms with van der Waals surface area (Å²) >= 11 is 6.41. The van der Waals surface area contributed by atoms with Gasteiger partial charge in [0.05, 0.1) is 37.6 Å². The van der Waals surface area contributed by atoms with Gasteiger partial charge in [0.2, 0.25) is 5.88 Å². The largest absolute Gasteiger partial charge is 0.496 e. The molecule has 4 aromatic rings. The Morgan fingerprint density at radius 1 is 1.03 bits per heavy atom. The van der Waals surface area contributed by atoms with E-state index in [1.807, 2.05) is 0 Å². The number of aromatic amines is 1. The molecule has 2 heterocycles. The molecule has 35 heavy (non-hydrogen) atoms. The van der Waals surface area contributed by atoms with Gasteiger partial charge in [-0.25, -0.2) is 27.5 Å². The van der Waals surface area contributed by atoms with Gasteiger partial charge in [0.15, 0.2) is 34.6 Å². The standard InChI is InChI=1S/C22H18ClF3N4O5/c1-32-14-5-4-12(25)18(26)10(14)9-35-16-7-13(11(23)6-15(16)33-2)30-20-19(29-22(30)31)21(34-3)28-17(8-24)27-20/h4-7H,8-9H2,1-3H3,(H,29,31). The Kier molecular flexibility index (Phi) is 6.74. The third-order valence-corrected chi connectivity index (χ3v) is 5.38. The van der Waals surface area contributed by atoms with Gasteiger partial charge in [0.25, 0.3) is 0 Å². The number of halogens is 4. The molecule has 1 N–H and O–H groups in total. The molecule has 0 aliphatic heterocycles. The predicted octanol–water partition coefficient (Wildman–Crippen LogP) is 4.11. The van der Waals surface area contributed by atoms with Gasteiger partial charge in [-0.1, -0.05) is 11.6 Å². The van der Waals surface area contributed by atoms with E-state index >= 15 is 0 Å². The van der Waals surface area contributed by atoms with Crippen LogP contribution in [0.2, 0.25) is 5.02 Å². The molecular formula is C22H18ClF3N4O5. The summed E-state index contributed by atoms with van der Waals surface area (Å²) in [4.78, 5) is 23.4. The highest BCUT2D eigenvalue weighted by molar-refractivity contribution is 6.32. The number of aromatic nitrogens is 4. The van der Waals surface area contributed by atoms with E-state index in [4.69, 9.17) is 30.5 Å². The van der Waals surface area contributed by atoms with Crippen molar-refractivity contribution >= 4 is 22.8 Å². The molecular weight excluding hydrogens is 493 g/mol. The Labute approximate surface area is 201 Å². The van der Waals surface area contributed by atoms with E-state index in [2.05, 4.69) is 15.0 Å². The Morgan fingerprint density at radius 2 is 1.77 bits per heavy atom. The maximum absolute atomic E-state index is 14.4. The van der Waals surface area contributed by atoms with Crippen molar-refractivity contribution in [2.45, 2.75) is 13.3 Å². The van der Waals surface area contributed by atoms with E-state index in [9.17, 15) is 18.0 Å². The van der Waals surface area contributed by atoms with E-state index in [-0.39, 0.29) is 56.4 Å². The minimum absolute atomic E-state index is 0.00496. The van der Waals surface area contributed by atoms with Crippen LogP contribution in [0, 0.1) is 11.6 Å². The van der Waals surface area contributed by atoms with E-state index in [1.54, 1.807) is 0 Å². The summed E-state index contributed by atoms with van der Waals surface area (Å²) < 4.78 is 63.8. The van der Waals surface area contributed by atoms with Crippen molar-refractivity contribution in [2.75, 3.05) is 21.3 Å². The molecule has 0 atom stereocenters. The zero-order valence-corrected chi connectivity index (χ0v) is 19.4. The van der Waals surface area contributed by atoms with Crippen LogP contribution in [-0.4, -0.2) is 40.8 Å². The summed E-state index contributed by atoms with van der Waals surface area (Å²) in [5, 5.41) is 0.0612. The number of H-pyrrole nitrogens is 1. The van der Waals surface area contributed by atoms with Gasteiger partial charge in [-0.05, 0) is 12.1 Å². The average Bonchev–Trinajstić information content (AvgIpc) is 3.19. The number of nitrogens with one attached hydrogen (secondary N) is 1. The van der Waals surface area contributed by atoms with Crippen molar-refractivity contribution in [1.29, 1.82) is 0 Å². The van der Waals surface area contributed by atoms with Gasteiger partial charge < -0.3 is 18.9 Å². The summed E-state index contributed by atoms with van der Waals surface area (Å²) in [6, 6.07) is 4.92. The lowest BCUT2D eigenvalue weighted by Crippen LogP contribution is -2.16. The van der Waals surface area contributed by atoms with Crippen LogP contribution in [0.15, 0.2) is 29.1 Å². The number of rotatable bonds is 8. The highest BCUT2D eigenvalue weighted by atomic mass is 35.5. The maximum atomic E-state index is 14.4. The molecule has 2 aromatic heterocycles. The van der Waals surface area contributed by atoms with Gasteiger partial charge in [0, 0.05) is 12.1 Å². The number of alkyl halides is 1. The van der Waals surface area contributed by atoms with Gasteiger partial charge in [-0.2, -0.15) is 4.98 Å². The Balaban J connectivity index is 1.84. The molecule has 0 spiro atoms. The number of methoxy groups -OCH3 is 3. The van der Waals surface area contributed by atoms with Crippen LogP contribution >= 0.6 is 11.6 Å². The summed E-state index contributed by atoms with van der Waals surface area (Å²) in [5.41, 5.74) is -0.614. The smallest absolute Gasteiger partial charge is 0.332 e. The van der Waals surface area contributed by atoms with Crippen molar-refractivity contribution in [2.24, 2.45) is 0 Å². The number of imidazole rings is 1. The second-order valence-corrected chi connectivity index (χ2v) is 7.44. The SMILES string of the molecule is COc1cc(Cl)c(-n2c(=O)[nH]c3c(OC)nc(CF)nc32)cc1OCc1c(OC)ccc(F)c1F. The molecule has 0 radical (unpaired) electrons. The molecule has 0 unspecified atom stereocenters. The van der Waals surface area contributed by atoms with Crippen LogP contribution < -0.4 is 24.6 Å². The third kappa shape index (κ3) is 4.32.